The highest BCUT2D eigenvalue weighted by atomic mass is 35.5. The maximum absolute atomic E-state index is 12.3. The monoisotopic (exact) mass is 450 g/mol. The van der Waals surface area contributed by atoms with Gasteiger partial charge >= 0.3 is 0 Å². The summed E-state index contributed by atoms with van der Waals surface area (Å²) >= 11 is 15.4. The zero-order valence-electron chi connectivity index (χ0n) is 15.8. The Labute approximate surface area is 183 Å². The molecular weight excluding hydrogens is 431 g/mol. The predicted octanol–water partition coefficient (Wildman–Crippen LogP) is 6.70. The fourth-order valence-electron chi connectivity index (χ4n) is 2.85. The van der Waals surface area contributed by atoms with Gasteiger partial charge in [0, 0.05) is 27.0 Å². The number of thiazole rings is 1. The van der Waals surface area contributed by atoms with E-state index in [0.29, 0.717) is 22.2 Å². The molecule has 0 saturated heterocycles. The standard InChI is InChI=1S/C21H20Cl2N2OS2/c1-12-6-13(2)8-17(7-12)25-20(26)11-27-21-24-14(3)19(28-21)10-15-9-16(22)4-5-18(15)23/h4-9H,10-11H2,1-3H3,(H,25,26). The fourth-order valence-corrected chi connectivity index (χ4v) is 5.29. The number of amides is 1. The number of aryl methyl sites for hydroxylation is 3. The van der Waals surface area contributed by atoms with Crippen LogP contribution >= 0.6 is 46.3 Å². The van der Waals surface area contributed by atoms with Crippen LogP contribution < -0.4 is 5.32 Å². The molecule has 1 N–H and O–H groups in total. The number of hydrogen-bond donors (Lipinski definition) is 1. The molecule has 0 aliphatic carbocycles. The largest absolute Gasteiger partial charge is 0.325 e. The minimum absolute atomic E-state index is 0.0395. The van der Waals surface area contributed by atoms with Crippen molar-refractivity contribution in [3.05, 3.63) is 73.7 Å². The topological polar surface area (TPSA) is 42.0 Å². The Balaban J connectivity index is 1.61. The molecule has 146 valence electrons. The molecule has 0 aliphatic heterocycles. The minimum atomic E-state index is -0.0395. The molecule has 7 heteroatoms. The summed E-state index contributed by atoms with van der Waals surface area (Å²) in [6.07, 6.45) is 0.679. The lowest BCUT2D eigenvalue weighted by molar-refractivity contribution is -0.113. The quantitative estimate of drug-likeness (QED) is 0.424. The van der Waals surface area contributed by atoms with Crippen LogP contribution in [0.3, 0.4) is 0 Å². The summed E-state index contributed by atoms with van der Waals surface area (Å²) < 4.78 is 0.876. The van der Waals surface area contributed by atoms with Crippen molar-refractivity contribution in [1.29, 1.82) is 0 Å². The second-order valence-electron chi connectivity index (χ2n) is 6.61. The number of halogens is 2. The molecule has 0 atom stereocenters. The van der Waals surface area contributed by atoms with Gasteiger partial charge in [0.25, 0.3) is 0 Å². The molecule has 0 unspecified atom stereocenters. The Hall–Kier alpha value is -1.53. The maximum Gasteiger partial charge on any atom is 0.234 e. The number of hydrogen-bond acceptors (Lipinski definition) is 4. The number of thioether (sulfide) groups is 1. The number of carbonyl (C=O) groups excluding carboxylic acids is 1. The molecule has 0 fully saturated rings. The van der Waals surface area contributed by atoms with Crippen LogP contribution in [0.2, 0.25) is 10.0 Å². The third kappa shape index (κ3) is 5.74. The van der Waals surface area contributed by atoms with Crippen LogP contribution in [0.1, 0.15) is 27.3 Å². The molecule has 1 amide bonds. The zero-order valence-corrected chi connectivity index (χ0v) is 19.0. The summed E-state index contributed by atoms with van der Waals surface area (Å²) in [5, 5.41) is 4.31. The van der Waals surface area contributed by atoms with E-state index in [1.807, 2.05) is 45.0 Å². The molecule has 1 heterocycles. The van der Waals surface area contributed by atoms with Crippen LogP contribution in [0, 0.1) is 20.8 Å². The van der Waals surface area contributed by atoms with Gasteiger partial charge in [-0.2, -0.15) is 0 Å². The molecule has 0 spiro atoms. The second kappa shape index (κ2) is 9.31. The van der Waals surface area contributed by atoms with E-state index >= 15 is 0 Å². The van der Waals surface area contributed by atoms with Gasteiger partial charge in [0.05, 0.1) is 11.4 Å². The highest BCUT2D eigenvalue weighted by Crippen LogP contribution is 2.31. The van der Waals surface area contributed by atoms with Crippen molar-refractivity contribution >= 4 is 57.9 Å². The number of carbonyl (C=O) groups is 1. The van der Waals surface area contributed by atoms with Gasteiger partial charge in [-0.25, -0.2) is 4.98 Å². The summed E-state index contributed by atoms with van der Waals surface area (Å²) in [7, 11) is 0. The van der Waals surface area contributed by atoms with Crippen molar-refractivity contribution in [3.63, 3.8) is 0 Å². The third-order valence-corrected chi connectivity index (χ3v) is 6.97. The Kier molecular flexibility index (Phi) is 7.05. The van der Waals surface area contributed by atoms with Gasteiger partial charge in [0.15, 0.2) is 4.34 Å². The normalized spacial score (nSPS) is 10.9. The van der Waals surface area contributed by atoms with E-state index < -0.39 is 0 Å². The first-order valence-corrected chi connectivity index (χ1v) is 11.3. The Bertz CT molecular complexity index is 997. The van der Waals surface area contributed by atoms with Crippen molar-refractivity contribution in [3.8, 4) is 0 Å². The van der Waals surface area contributed by atoms with Crippen molar-refractivity contribution in [1.82, 2.24) is 4.98 Å². The van der Waals surface area contributed by atoms with Crippen molar-refractivity contribution in [2.24, 2.45) is 0 Å². The van der Waals surface area contributed by atoms with E-state index in [4.69, 9.17) is 23.2 Å². The Morgan fingerprint density at radius 2 is 1.82 bits per heavy atom. The van der Waals surface area contributed by atoms with E-state index in [-0.39, 0.29) is 5.91 Å². The molecule has 28 heavy (non-hydrogen) atoms. The summed E-state index contributed by atoms with van der Waals surface area (Å²) in [5.74, 6) is 0.277. The zero-order chi connectivity index (χ0) is 20.3. The van der Waals surface area contributed by atoms with Gasteiger partial charge in [-0.05, 0) is 67.8 Å². The molecule has 1 aromatic heterocycles. The number of anilines is 1. The molecule has 0 bridgehead atoms. The van der Waals surface area contributed by atoms with Gasteiger partial charge in [-0.15, -0.1) is 11.3 Å². The molecule has 0 radical (unpaired) electrons. The second-order valence-corrected chi connectivity index (χ2v) is 9.76. The lowest BCUT2D eigenvalue weighted by atomic mass is 10.1. The van der Waals surface area contributed by atoms with Crippen molar-refractivity contribution < 1.29 is 4.79 Å². The molecular formula is C21H20Cl2N2OS2. The van der Waals surface area contributed by atoms with Gasteiger partial charge in [0.2, 0.25) is 5.91 Å². The first kappa shape index (κ1) is 21.2. The Morgan fingerprint density at radius 1 is 1.11 bits per heavy atom. The van der Waals surface area contributed by atoms with E-state index in [1.54, 1.807) is 17.4 Å². The molecule has 0 aliphatic rings. The average Bonchev–Trinajstić information content (AvgIpc) is 2.95. The van der Waals surface area contributed by atoms with E-state index in [0.717, 1.165) is 37.3 Å². The van der Waals surface area contributed by atoms with Crippen LogP contribution in [0.5, 0.6) is 0 Å². The molecule has 3 rings (SSSR count). The minimum Gasteiger partial charge on any atom is -0.325 e. The highest BCUT2D eigenvalue weighted by Gasteiger charge is 2.13. The Morgan fingerprint density at radius 3 is 2.54 bits per heavy atom. The highest BCUT2D eigenvalue weighted by molar-refractivity contribution is 8.01. The fraction of sp³-hybridized carbons (Fsp3) is 0.238. The number of benzene rings is 2. The summed E-state index contributed by atoms with van der Waals surface area (Å²) in [6.45, 7) is 6.01. The van der Waals surface area contributed by atoms with Crippen molar-refractivity contribution in [2.75, 3.05) is 11.1 Å². The summed E-state index contributed by atoms with van der Waals surface area (Å²) in [5.41, 5.74) is 5.02. The lowest BCUT2D eigenvalue weighted by Crippen LogP contribution is -2.14. The van der Waals surface area contributed by atoms with Gasteiger partial charge in [-0.1, -0.05) is 41.0 Å². The van der Waals surface area contributed by atoms with Crippen LogP contribution in [0.25, 0.3) is 0 Å². The smallest absolute Gasteiger partial charge is 0.234 e. The lowest BCUT2D eigenvalue weighted by Gasteiger charge is -2.06. The third-order valence-electron chi connectivity index (χ3n) is 4.06. The van der Waals surface area contributed by atoms with E-state index in [2.05, 4.69) is 16.4 Å². The number of nitrogens with zero attached hydrogens (tertiary/aromatic N) is 1. The van der Waals surface area contributed by atoms with Crippen LogP contribution in [-0.4, -0.2) is 16.6 Å². The number of aromatic nitrogens is 1. The predicted molar refractivity (Wildman–Crippen MR) is 121 cm³/mol. The number of nitrogens with one attached hydrogen (secondary N) is 1. The van der Waals surface area contributed by atoms with Crippen molar-refractivity contribution in [2.45, 2.75) is 31.5 Å². The summed E-state index contributed by atoms with van der Waals surface area (Å²) in [6, 6.07) is 11.5. The molecule has 2 aromatic carbocycles. The average molecular weight is 451 g/mol. The molecule has 3 aromatic rings. The van der Waals surface area contributed by atoms with Gasteiger partial charge in [-0.3, -0.25) is 4.79 Å². The van der Waals surface area contributed by atoms with Gasteiger partial charge in [0.1, 0.15) is 0 Å². The van der Waals surface area contributed by atoms with Crippen LogP contribution in [-0.2, 0) is 11.2 Å². The molecule has 0 saturated carbocycles. The van der Waals surface area contributed by atoms with Crippen LogP contribution in [0.4, 0.5) is 5.69 Å². The van der Waals surface area contributed by atoms with E-state index in [1.165, 1.54) is 11.8 Å². The summed E-state index contributed by atoms with van der Waals surface area (Å²) in [4.78, 5) is 18.0. The number of rotatable bonds is 6. The van der Waals surface area contributed by atoms with Crippen LogP contribution in [0.15, 0.2) is 40.7 Å². The first-order valence-electron chi connectivity index (χ1n) is 8.71. The van der Waals surface area contributed by atoms with Gasteiger partial charge < -0.3 is 5.32 Å². The SMILES string of the molecule is Cc1cc(C)cc(NC(=O)CSc2nc(C)c(Cc3cc(Cl)ccc3Cl)s2)c1. The first-order chi connectivity index (χ1) is 13.3. The molecule has 3 nitrogen and oxygen atoms in total. The maximum atomic E-state index is 12.3. The van der Waals surface area contributed by atoms with E-state index in [9.17, 15) is 4.79 Å².